The van der Waals surface area contributed by atoms with E-state index in [1.54, 1.807) is 17.7 Å². The molecule has 0 aliphatic rings. The second-order valence-corrected chi connectivity index (χ2v) is 7.48. The maximum atomic E-state index is 13.0. The van der Waals surface area contributed by atoms with Crippen molar-refractivity contribution in [1.82, 2.24) is 19.2 Å². The molecule has 0 saturated heterocycles. The predicted octanol–water partition coefficient (Wildman–Crippen LogP) is 3.24. The number of rotatable bonds is 7. The van der Waals surface area contributed by atoms with Gasteiger partial charge in [0.15, 0.2) is 5.16 Å². The molecular formula is C21H19N5O2S. The van der Waals surface area contributed by atoms with Gasteiger partial charge in [-0.1, -0.05) is 36.0 Å². The van der Waals surface area contributed by atoms with Gasteiger partial charge in [-0.15, -0.1) is 10.2 Å². The van der Waals surface area contributed by atoms with E-state index in [9.17, 15) is 4.79 Å². The first-order valence-electron chi connectivity index (χ1n) is 9.20. The molecule has 2 aromatic heterocycles. The normalized spacial score (nSPS) is 11.2. The molecule has 0 saturated carbocycles. The van der Waals surface area contributed by atoms with Crippen LogP contribution in [0.4, 0.5) is 0 Å². The van der Waals surface area contributed by atoms with Crippen LogP contribution in [0, 0.1) is 11.3 Å². The minimum absolute atomic E-state index is 0.0742. The first-order chi connectivity index (χ1) is 14.2. The fourth-order valence-electron chi connectivity index (χ4n) is 3.27. The SMILES string of the molecule is COCCCn1c(=O)c2ccccc2n2c(SCc3cccc(C#N)c3)nnc12. The minimum Gasteiger partial charge on any atom is -0.385 e. The van der Waals surface area contributed by atoms with Gasteiger partial charge in [0.2, 0.25) is 5.78 Å². The first-order valence-corrected chi connectivity index (χ1v) is 10.2. The largest absolute Gasteiger partial charge is 0.385 e. The molecular weight excluding hydrogens is 386 g/mol. The summed E-state index contributed by atoms with van der Waals surface area (Å²) in [6.45, 7) is 1.07. The molecule has 4 aromatic rings. The van der Waals surface area contributed by atoms with Crippen molar-refractivity contribution in [3.63, 3.8) is 0 Å². The summed E-state index contributed by atoms with van der Waals surface area (Å²) in [6.07, 6.45) is 0.709. The zero-order valence-corrected chi connectivity index (χ0v) is 16.7. The van der Waals surface area contributed by atoms with Crippen molar-refractivity contribution in [2.45, 2.75) is 23.9 Å². The molecule has 7 nitrogen and oxygen atoms in total. The smallest absolute Gasteiger partial charge is 0.262 e. The highest BCUT2D eigenvalue weighted by Gasteiger charge is 2.16. The van der Waals surface area contributed by atoms with Crippen LogP contribution in [-0.2, 0) is 17.0 Å². The molecule has 0 aliphatic heterocycles. The Morgan fingerprint density at radius 1 is 1.17 bits per heavy atom. The second-order valence-electron chi connectivity index (χ2n) is 6.54. The third-order valence-electron chi connectivity index (χ3n) is 4.63. The van der Waals surface area contributed by atoms with Crippen LogP contribution in [-0.4, -0.2) is 32.9 Å². The lowest BCUT2D eigenvalue weighted by Crippen LogP contribution is -2.24. The summed E-state index contributed by atoms with van der Waals surface area (Å²) in [7, 11) is 1.64. The number of aromatic nitrogens is 4. The summed E-state index contributed by atoms with van der Waals surface area (Å²) in [5, 5.41) is 19.1. The standard InChI is InChI=1S/C21H19N5O2S/c1-28-11-5-10-25-19(27)17-8-2-3-9-18(17)26-20(25)23-24-21(26)29-14-16-7-4-6-15(12-16)13-22/h2-4,6-9,12H,5,10-11,14H2,1H3. The van der Waals surface area contributed by atoms with Crippen LogP contribution in [0.15, 0.2) is 58.5 Å². The highest BCUT2D eigenvalue weighted by molar-refractivity contribution is 7.98. The van der Waals surface area contributed by atoms with E-state index in [0.717, 1.165) is 11.1 Å². The first kappa shape index (κ1) is 19.2. The zero-order valence-electron chi connectivity index (χ0n) is 15.9. The number of nitrogens with zero attached hydrogens (tertiary/aromatic N) is 5. The van der Waals surface area contributed by atoms with Gasteiger partial charge in [0.1, 0.15) is 0 Å². The van der Waals surface area contributed by atoms with Crippen LogP contribution < -0.4 is 5.56 Å². The summed E-state index contributed by atoms with van der Waals surface area (Å²) in [5.41, 5.74) is 2.37. The molecule has 0 N–H and O–H groups in total. The van der Waals surface area contributed by atoms with Gasteiger partial charge in [-0.05, 0) is 36.2 Å². The maximum Gasteiger partial charge on any atom is 0.262 e. The number of hydrogen-bond acceptors (Lipinski definition) is 6. The summed E-state index contributed by atoms with van der Waals surface area (Å²) in [6, 6.07) is 17.2. The number of ether oxygens (including phenoxy) is 1. The molecule has 2 heterocycles. The molecule has 0 unspecified atom stereocenters. The molecule has 0 amide bonds. The minimum atomic E-state index is -0.0742. The molecule has 8 heteroatoms. The van der Waals surface area contributed by atoms with E-state index in [0.29, 0.717) is 47.2 Å². The number of methoxy groups -OCH3 is 1. The van der Waals surface area contributed by atoms with Crippen molar-refractivity contribution < 1.29 is 4.74 Å². The van der Waals surface area contributed by atoms with Crippen LogP contribution >= 0.6 is 11.8 Å². The van der Waals surface area contributed by atoms with E-state index in [-0.39, 0.29) is 5.56 Å². The quantitative estimate of drug-likeness (QED) is 0.347. The Bertz CT molecular complexity index is 1270. The summed E-state index contributed by atoms with van der Waals surface area (Å²) in [5.74, 6) is 1.17. The number of benzene rings is 2. The van der Waals surface area contributed by atoms with Crippen LogP contribution in [0.5, 0.6) is 0 Å². The molecule has 146 valence electrons. The van der Waals surface area contributed by atoms with E-state index >= 15 is 0 Å². The lowest BCUT2D eigenvalue weighted by Gasteiger charge is -2.11. The molecule has 0 bridgehead atoms. The van der Waals surface area contributed by atoms with E-state index < -0.39 is 0 Å². The molecule has 0 spiro atoms. The number of para-hydroxylation sites is 1. The van der Waals surface area contributed by atoms with Crippen LogP contribution in [0.1, 0.15) is 17.5 Å². The summed E-state index contributed by atoms with van der Waals surface area (Å²) in [4.78, 5) is 13.0. The van der Waals surface area contributed by atoms with Gasteiger partial charge in [-0.25, -0.2) is 0 Å². The third kappa shape index (κ3) is 3.75. The van der Waals surface area contributed by atoms with Crippen LogP contribution in [0.3, 0.4) is 0 Å². The van der Waals surface area contributed by atoms with Crippen LogP contribution in [0.2, 0.25) is 0 Å². The predicted molar refractivity (Wildman–Crippen MR) is 112 cm³/mol. The maximum absolute atomic E-state index is 13.0. The third-order valence-corrected chi connectivity index (χ3v) is 5.63. The van der Waals surface area contributed by atoms with E-state index in [1.807, 2.05) is 46.9 Å². The molecule has 0 aliphatic carbocycles. The van der Waals surface area contributed by atoms with Crippen molar-refractivity contribution >= 4 is 28.4 Å². The average molecular weight is 405 g/mol. The van der Waals surface area contributed by atoms with Gasteiger partial charge in [-0.2, -0.15) is 5.26 Å². The number of hydrogen-bond donors (Lipinski definition) is 0. The number of aryl methyl sites for hydroxylation is 1. The van der Waals surface area contributed by atoms with Gasteiger partial charge in [-0.3, -0.25) is 13.8 Å². The molecule has 0 atom stereocenters. The van der Waals surface area contributed by atoms with Crippen molar-refractivity contribution in [2.75, 3.05) is 13.7 Å². The van der Waals surface area contributed by atoms with Gasteiger partial charge < -0.3 is 4.74 Å². The van der Waals surface area contributed by atoms with Crippen molar-refractivity contribution in [1.29, 1.82) is 5.26 Å². The van der Waals surface area contributed by atoms with Gasteiger partial charge in [0.25, 0.3) is 5.56 Å². The fraction of sp³-hybridized carbons (Fsp3) is 0.238. The Kier molecular flexibility index (Phi) is 5.60. The Morgan fingerprint density at radius 2 is 2.03 bits per heavy atom. The second kappa shape index (κ2) is 8.47. The molecule has 0 fully saturated rings. The molecule has 29 heavy (non-hydrogen) atoms. The number of fused-ring (bicyclic) bond motifs is 3. The summed E-state index contributed by atoms with van der Waals surface area (Å²) >= 11 is 1.53. The Hall–Kier alpha value is -3.15. The highest BCUT2D eigenvalue weighted by Crippen LogP contribution is 2.25. The topological polar surface area (TPSA) is 85.2 Å². The number of nitriles is 1. The molecule has 2 aromatic carbocycles. The zero-order chi connectivity index (χ0) is 20.2. The van der Waals surface area contributed by atoms with Gasteiger partial charge in [0, 0.05) is 26.0 Å². The van der Waals surface area contributed by atoms with Gasteiger partial charge in [0.05, 0.1) is 22.5 Å². The lowest BCUT2D eigenvalue weighted by molar-refractivity contribution is 0.190. The average Bonchev–Trinajstić information content (AvgIpc) is 3.19. The van der Waals surface area contributed by atoms with E-state index in [2.05, 4.69) is 16.3 Å². The van der Waals surface area contributed by atoms with Crippen LogP contribution in [0.25, 0.3) is 16.7 Å². The summed E-state index contributed by atoms with van der Waals surface area (Å²) < 4.78 is 8.72. The lowest BCUT2D eigenvalue weighted by atomic mass is 10.2. The van der Waals surface area contributed by atoms with Gasteiger partial charge >= 0.3 is 0 Å². The van der Waals surface area contributed by atoms with Crippen molar-refractivity contribution in [3.8, 4) is 6.07 Å². The Labute approximate surface area is 171 Å². The van der Waals surface area contributed by atoms with Crippen molar-refractivity contribution in [2.24, 2.45) is 0 Å². The monoisotopic (exact) mass is 405 g/mol. The molecule has 0 radical (unpaired) electrons. The Morgan fingerprint density at radius 3 is 2.86 bits per heavy atom. The fourth-order valence-corrected chi connectivity index (χ4v) is 4.16. The van der Waals surface area contributed by atoms with E-state index in [4.69, 9.17) is 10.00 Å². The highest BCUT2D eigenvalue weighted by atomic mass is 32.2. The Balaban J connectivity index is 1.77. The van der Waals surface area contributed by atoms with E-state index in [1.165, 1.54) is 11.8 Å². The number of thioether (sulfide) groups is 1. The van der Waals surface area contributed by atoms with Crippen molar-refractivity contribution in [3.05, 3.63) is 70.0 Å². The molecule has 4 rings (SSSR count).